The van der Waals surface area contributed by atoms with Crippen LogP contribution in [0.25, 0.3) is 0 Å². The molecule has 1 heterocycles. The molecule has 1 fully saturated rings. The number of amides is 1. The van der Waals surface area contributed by atoms with Gasteiger partial charge in [0.05, 0.1) is 29.7 Å². The lowest BCUT2D eigenvalue weighted by molar-refractivity contribution is -0.137. The van der Waals surface area contributed by atoms with Crippen LogP contribution in [0.2, 0.25) is 0 Å². The smallest absolute Gasteiger partial charge is 0.416 e. The molecular formula is C21H23F3N2O4S. The minimum atomic E-state index is -4.51. The number of alkyl halides is 3. The highest BCUT2D eigenvalue weighted by atomic mass is 32.2. The molecule has 2 aromatic rings. The average molecular weight is 456 g/mol. The van der Waals surface area contributed by atoms with Crippen molar-refractivity contribution < 1.29 is 31.1 Å². The molecule has 2 aromatic carbocycles. The largest absolute Gasteiger partial charge is 0.495 e. The second kappa shape index (κ2) is 9.27. The van der Waals surface area contributed by atoms with Crippen LogP contribution in [0.3, 0.4) is 0 Å². The van der Waals surface area contributed by atoms with Crippen LogP contribution in [0.5, 0.6) is 5.75 Å². The van der Waals surface area contributed by atoms with Crippen molar-refractivity contribution in [1.82, 2.24) is 4.31 Å². The number of nitrogens with one attached hydrogen (secondary N) is 1. The second-order valence-corrected chi connectivity index (χ2v) is 9.19. The number of carbonyl (C=O) groups excluding carboxylic acids is 1. The highest BCUT2D eigenvalue weighted by Crippen LogP contribution is 2.31. The Kier molecular flexibility index (Phi) is 6.90. The van der Waals surface area contributed by atoms with Gasteiger partial charge in [-0.05, 0) is 42.7 Å². The molecule has 3 rings (SSSR count). The molecule has 1 N–H and O–H groups in total. The van der Waals surface area contributed by atoms with Crippen LogP contribution in [-0.2, 0) is 27.4 Å². The number of ether oxygens (including phenoxy) is 1. The van der Waals surface area contributed by atoms with Gasteiger partial charge in [0.2, 0.25) is 15.9 Å². The zero-order valence-electron chi connectivity index (χ0n) is 16.9. The Labute approximate surface area is 179 Å². The molecule has 0 unspecified atom stereocenters. The van der Waals surface area contributed by atoms with Crippen molar-refractivity contribution in [2.75, 3.05) is 25.5 Å². The minimum Gasteiger partial charge on any atom is -0.495 e. The van der Waals surface area contributed by atoms with E-state index in [0.29, 0.717) is 13.1 Å². The predicted molar refractivity (Wildman–Crippen MR) is 109 cm³/mol. The Morgan fingerprint density at radius 3 is 2.45 bits per heavy atom. The van der Waals surface area contributed by atoms with Gasteiger partial charge in [-0.15, -0.1) is 0 Å². The van der Waals surface area contributed by atoms with Gasteiger partial charge in [-0.2, -0.15) is 17.5 Å². The average Bonchev–Trinajstić information content (AvgIpc) is 2.74. The van der Waals surface area contributed by atoms with E-state index in [4.69, 9.17) is 4.74 Å². The second-order valence-electron chi connectivity index (χ2n) is 7.25. The molecule has 1 saturated heterocycles. The number of hydrogen-bond acceptors (Lipinski definition) is 4. The van der Waals surface area contributed by atoms with Gasteiger partial charge >= 0.3 is 6.18 Å². The first-order valence-corrected chi connectivity index (χ1v) is 11.2. The number of nitrogens with zero attached hydrogens (tertiary/aromatic N) is 1. The van der Waals surface area contributed by atoms with Gasteiger partial charge in [-0.1, -0.05) is 24.6 Å². The van der Waals surface area contributed by atoms with E-state index in [1.807, 2.05) is 0 Å². The summed E-state index contributed by atoms with van der Waals surface area (Å²) in [4.78, 5) is 12.5. The van der Waals surface area contributed by atoms with Crippen molar-refractivity contribution in [2.45, 2.75) is 36.8 Å². The van der Waals surface area contributed by atoms with E-state index < -0.39 is 27.7 Å². The lowest BCUT2D eigenvalue weighted by Crippen LogP contribution is -2.35. The molecule has 6 nitrogen and oxygen atoms in total. The van der Waals surface area contributed by atoms with Crippen molar-refractivity contribution in [2.24, 2.45) is 0 Å². The third-order valence-electron chi connectivity index (χ3n) is 5.02. The van der Waals surface area contributed by atoms with Gasteiger partial charge in [0, 0.05) is 13.1 Å². The Morgan fingerprint density at radius 2 is 1.81 bits per heavy atom. The molecule has 10 heteroatoms. The quantitative estimate of drug-likeness (QED) is 0.711. The van der Waals surface area contributed by atoms with Crippen LogP contribution in [-0.4, -0.2) is 38.8 Å². The van der Waals surface area contributed by atoms with Gasteiger partial charge in [0.1, 0.15) is 5.75 Å². The summed E-state index contributed by atoms with van der Waals surface area (Å²) in [6.07, 6.45) is -2.26. The number of anilines is 1. The molecule has 0 radical (unpaired) electrons. The lowest BCUT2D eigenvalue weighted by Gasteiger charge is -2.26. The fraction of sp³-hybridized carbons (Fsp3) is 0.381. The van der Waals surface area contributed by atoms with Crippen LogP contribution < -0.4 is 10.1 Å². The molecule has 1 aliphatic rings. The molecule has 0 bridgehead atoms. The maximum Gasteiger partial charge on any atom is 0.416 e. The zero-order valence-corrected chi connectivity index (χ0v) is 17.7. The van der Waals surface area contributed by atoms with Crippen molar-refractivity contribution in [3.05, 3.63) is 53.6 Å². The van der Waals surface area contributed by atoms with E-state index in [1.165, 1.54) is 41.7 Å². The summed E-state index contributed by atoms with van der Waals surface area (Å²) in [5.41, 5.74) is -0.522. The number of rotatable bonds is 6. The molecule has 0 saturated carbocycles. The number of sulfonamides is 1. The maximum atomic E-state index is 12.9. The number of benzene rings is 2. The van der Waals surface area contributed by atoms with Gasteiger partial charge in [-0.3, -0.25) is 4.79 Å². The Bertz CT molecular complexity index is 1050. The monoisotopic (exact) mass is 456 g/mol. The van der Waals surface area contributed by atoms with E-state index in [1.54, 1.807) is 0 Å². The molecule has 0 aliphatic carbocycles. The van der Waals surface area contributed by atoms with Crippen LogP contribution in [0, 0.1) is 0 Å². The van der Waals surface area contributed by atoms with Gasteiger partial charge in [-0.25, -0.2) is 8.42 Å². The summed E-state index contributed by atoms with van der Waals surface area (Å²) >= 11 is 0. The van der Waals surface area contributed by atoms with Crippen LogP contribution in [0.15, 0.2) is 47.4 Å². The van der Waals surface area contributed by atoms with E-state index in [-0.39, 0.29) is 28.3 Å². The first-order chi connectivity index (χ1) is 14.6. The van der Waals surface area contributed by atoms with E-state index in [2.05, 4.69) is 5.32 Å². The van der Waals surface area contributed by atoms with Crippen molar-refractivity contribution >= 4 is 21.6 Å². The summed E-state index contributed by atoms with van der Waals surface area (Å²) < 4.78 is 71.1. The molecule has 1 amide bonds. The van der Waals surface area contributed by atoms with Crippen LogP contribution in [0.1, 0.15) is 30.4 Å². The summed E-state index contributed by atoms with van der Waals surface area (Å²) in [6.45, 7) is 0.872. The van der Waals surface area contributed by atoms with E-state index in [9.17, 15) is 26.4 Å². The molecule has 0 aromatic heterocycles. The summed E-state index contributed by atoms with van der Waals surface area (Å²) in [7, 11) is -2.35. The summed E-state index contributed by atoms with van der Waals surface area (Å²) in [5, 5.41) is 2.56. The van der Waals surface area contributed by atoms with Gasteiger partial charge < -0.3 is 10.1 Å². The highest BCUT2D eigenvalue weighted by Gasteiger charge is 2.30. The topological polar surface area (TPSA) is 75.7 Å². The predicted octanol–water partition coefficient (Wildman–Crippen LogP) is 4.07. The van der Waals surface area contributed by atoms with Gasteiger partial charge in [0.15, 0.2) is 0 Å². The number of hydrogen-bond donors (Lipinski definition) is 1. The number of piperidine rings is 1. The van der Waals surface area contributed by atoms with Crippen molar-refractivity contribution in [3.8, 4) is 5.75 Å². The molecule has 168 valence electrons. The minimum absolute atomic E-state index is 0.0181. The molecule has 1 aliphatic heterocycles. The van der Waals surface area contributed by atoms with Crippen LogP contribution >= 0.6 is 0 Å². The number of halogens is 3. The van der Waals surface area contributed by atoms with Gasteiger partial charge in [0.25, 0.3) is 0 Å². The zero-order chi connectivity index (χ0) is 22.6. The third kappa shape index (κ3) is 5.56. The third-order valence-corrected chi connectivity index (χ3v) is 6.91. The fourth-order valence-corrected chi connectivity index (χ4v) is 4.98. The standard InChI is InChI=1S/C21H23F3N2O4S/c1-30-19-9-8-17(31(28,29)26-10-3-2-4-11-26)14-18(19)25-20(27)13-15-6-5-7-16(12-15)21(22,23)24/h5-9,12,14H,2-4,10-11,13H2,1H3,(H,25,27). The molecular weight excluding hydrogens is 433 g/mol. The SMILES string of the molecule is COc1ccc(S(=O)(=O)N2CCCCC2)cc1NC(=O)Cc1cccc(C(F)(F)F)c1. The summed E-state index contributed by atoms with van der Waals surface area (Å²) in [5.74, 6) is -0.347. The Morgan fingerprint density at radius 1 is 1.10 bits per heavy atom. The Balaban J connectivity index is 1.80. The molecule has 0 atom stereocenters. The summed E-state index contributed by atoms with van der Waals surface area (Å²) in [6, 6.07) is 8.66. The van der Waals surface area contributed by atoms with Crippen molar-refractivity contribution in [3.63, 3.8) is 0 Å². The normalized spacial score (nSPS) is 15.5. The fourth-order valence-electron chi connectivity index (χ4n) is 3.44. The number of methoxy groups -OCH3 is 1. The first kappa shape index (κ1) is 23.1. The van der Waals surface area contributed by atoms with Crippen molar-refractivity contribution in [1.29, 1.82) is 0 Å². The number of carbonyl (C=O) groups is 1. The van der Waals surface area contributed by atoms with E-state index in [0.717, 1.165) is 31.4 Å². The molecule has 0 spiro atoms. The maximum absolute atomic E-state index is 12.9. The highest BCUT2D eigenvalue weighted by molar-refractivity contribution is 7.89. The Hall–Kier alpha value is -2.59. The first-order valence-electron chi connectivity index (χ1n) is 9.75. The lowest BCUT2D eigenvalue weighted by atomic mass is 10.1. The molecule has 31 heavy (non-hydrogen) atoms. The van der Waals surface area contributed by atoms with E-state index >= 15 is 0 Å². The van der Waals surface area contributed by atoms with Crippen LogP contribution in [0.4, 0.5) is 18.9 Å².